The molecule has 2 rings (SSSR count). The first-order valence-electron chi connectivity index (χ1n) is 6.43. The largest absolute Gasteiger partial charge is 0.497 e. The summed E-state index contributed by atoms with van der Waals surface area (Å²) in [5.41, 5.74) is 2.08. The Morgan fingerprint density at radius 3 is 2.50 bits per heavy atom. The summed E-state index contributed by atoms with van der Waals surface area (Å²) in [6.07, 6.45) is 0. The van der Waals surface area contributed by atoms with Crippen molar-refractivity contribution in [1.29, 1.82) is 0 Å². The summed E-state index contributed by atoms with van der Waals surface area (Å²) in [6.45, 7) is 4.29. The Bertz CT molecular complexity index is 594. The van der Waals surface area contributed by atoms with Crippen LogP contribution in [-0.2, 0) is 5.75 Å². The quantitative estimate of drug-likeness (QED) is 0.832. The van der Waals surface area contributed by atoms with Gasteiger partial charge in [0.25, 0.3) is 0 Å². The minimum atomic E-state index is 0.388. The lowest BCUT2D eigenvalue weighted by molar-refractivity contribution is 0.404. The summed E-state index contributed by atoms with van der Waals surface area (Å²) in [4.78, 5) is 5.98. The van der Waals surface area contributed by atoms with E-state index in [9.17, 15) is 0 Å². The first-order valence-corrected chi connectivity index (χ1v) is 7.88. The molecule has 108 valence electrons. The Kier molecular flexibility index (Phi) is 4.94. The zero-order valence-corrected chi connectivity index (χ0v) is 13.8. The maximum absolute atomic E-state index is 5.43. The van der Waals surface area contributed by atoms with Gasteiger partial charge in [0.1, 0.15) is 16.5 Å². The van der Waals surface area contributed by atoms with Crippen molar-refractivity contribution in [3.8, 4) is 22.1 Å². The van der Waals surface area contributed by atoms with Crippen molar-refractivity contribution in [1.82, 2.24) is 4.98 Å². The molecule has 0 spiro atoms. The molecule has 3 nitrogen and oxygen atoms in total. The van der Waals surface area contributed by atoms with Crippen LogP contribution in [0.15, 0.2) is 18.2 Å². The predicted octanol–water partition coefficient (Wildman–Crippen LogP) is 4.38. The highest BCUT2D eigenvalue weighted by atomic mass is 32.1. The summed E-state index contributed by atoms with van der Waals surface area (Å²) in [5, 5.41) is 0.952. The average Bonchev–Trinajstić information content (AvgIpc) is 2.90. The van der Waals surface area contributed by atoms with Gasteiger partial charge in [0.15, 0.2) is 0 Å². The lowest BCUT2D eigenvalue weighted by atomic mass is 10.1. The van der Waals surface area contributed by atoms with E-state index in [2.05, 4.69) is 26.5 Å². The van der Waals surface area contributed by atoms with Crippen molar-refractivity contribution in [3.05, 3.63) is 28.8 Å². The second-order valence-electron chi connectivity index (χ2n) is 4.71. The van der Waals surface area contributed by atoms with Gasteiger partial charge < -0.3 is 9.47 Å². The third-order valence-corrected chi connectivity index (χ3v) is 4.69. The molecule has 0 unspecified atom stereocenters. The number of rotatable bonds is 5. The van der Waals surface area contributed by atoms with Gasteiger partial charge in [-0.2, -0.15) is 12.6 Å². The average molecular weight is 309 g/mol. The van der Waals surface area contributed by atoms with E-state index in [4.69, 9.17) is 14.5 Å². The number of hydrogen-bond acceptors (Lipinski definition) is 5. The monoisotopic (exact) mass is 309 g/mol. The second kappa shape index (κ2) is 6.50. The Balaban J connectivity index is 2.55. The van der Waals surface area contributed by atoms with Gasteiger partial charge in [-0.3, -0.25) is 0 Å². The lowest BCUT2D eigenvalue weighted by Crippen LogP contribution is -1.93. The van der Waals surface area contributed by atoms with Crippen LogP contribution in [0.2, 0.25) is 0 Å². The fourth-order valence-corrected chi connectivity index (χ4v) is 3.48. The minimum Gasteiger partial charge on any atom is -0.497 e. The fourth-order valence-electron chi connectivity index (χ4n) is 2.02. The highest BCUT2D eigenvalue weighted by Gasteiger charge is 2.17. The summed E-state index contributed by atoms with van der Waals surface area (Å²) in [5.74, 6) is 2.70. The molecule has 0 N–H and O–H groups in total. The normalized spacial score (nSPS) is 10.9. The molecule has 0 saturated heterocycles. The zero-order valence-electron chi connectivity index (χ0n) is 12.1. The Hall–Kier alpha value is -1.20. The molecule has 0 bridgehead atoms. The van der Waals surface area contributed by atoms with E-state index < -0.39 is 0 Å². The molecular formula is C15H19NO2S2. The maximum Gasteiger partial charge on any atom is 0.129 e. The Morgan fingerprint density at radius 1 is 1.25 bits per heavy atom. The molecule has 0 aliphatic rings. The molecule has 1 aromatic heterocycles. The Morgan fingerprint density at radius 2 is 2.00 bits per heavy atom. The summed E-state index contributed by atoms with van der Waals surface area (Å²) in [6, 6.07) is 5.76. The summed E-state index contributed by atoms with van der Waals surface area (Å²) in [7, 11) is 3.33. The van der Waals surface area contributed by atoms with E-state index in [1.807, 2.05) is 18.2 Å². The van der Waals surface area contributed by atoms with Gasteiger partial charge in [-0.25, -0.2) is 4.98 Å². The van der Waals surface area contributed by atoms with E-state index in [1.54, 1.807) is 25.6 Å². The topological polar surface area (TPSA) is 31.4 Å². The van der Waals surface area contributed by atoms with Crippen LogP contribution in [0.3, 0.4) is 0 Å². The van der Waals surface area contributed by atoms with E-state index in [1.165, 1.54) is 4.88 Å². The molecular weight excluding hydrogens is 290 g/mol. The van der Waals surface area contributed by atoms with Crippen LogP contribution in [-0.4, -0.2) is 19.2 Å². The van der Waals surface area contributed by atoms with Gasteiger partial charge in [-0.15, -0.1) is 11.3 Å². The molecule has 0 aliphatic heterocycles. The van der Waals surface area contributed by atoms with Crippen LogP contribution < -0.4 is 9.47 Å². The van der Waals surface area contributed by atoms with Crippen LogP contribution in [0, 0.1) is 0 Å². The standard InChI is InChI=1S/C15H19NO2S2/c1-9(2)14-13(8-19)20-15(16-14)11-7-10(17-3)5-6-12(11)18-4/h5-7,9,19H,8H2,1-4H3. The number of hydrogen-bond donors (Lipinski definition) is 1. The van der Waals surface area contributed by atoms with Gasteiger partial charge in [0.05, 0.1) is 25.5 Å². The summed E-state index contributed by atoms with van der Waals surface area (Å²) < 4.78 is 10.7. The van der Waals surface area contributed by atoms with Gasteiger partial charge in [0, 0.05) is 10.6 Å². The molecule has 0 fully saturated rings. The maximum atomic E-state index is 5.43. The van der Waals surface area contributed by atoms with Gasteiger partial charge >= 0.3 is 0 Å². The van der Waals surface area contributed by atoms with Gasteiger partial charge in [0.2, 0.25) is 0 Å². The first kappa shape index (κ1) is 15.2. The lowest BCUT2D eigenvalue weighted by Gasteiger charge is -2.08. The fraction of sp³-hybridized carbons (Fsp3) is 0.400. The van der Waals surface area contributed by atoms with Crippen LogP contribution in [0.5, 0.6) is 11.5 Å². The van der Waals surface area contributed by atoms with Crippen LogP contribution in [0.4, 0.5) is 0 Å². The van der Waals surface area contributed by atoms with Crippen LogP contribution in [0.25, 0.3) is 10.6 Å². The van der Waals surface area contributed by atoms with Crippen molar-refractivity contribution in [2.45, 2.75) is 25.5 Å². The molecule has 1 heterocycles. The number of nitrogens with zero attached hydrogens (tertiary/aromatic N) is 1. The van der Waals surface area contributed by atoms with Crippen LogP contribution >= 0.6 is 24.0 Å². The molecule has 5 heteroatoms. The van der Waals surface area contributed by atoms with E-state index >= 15 is 0 Å². The Labute approximate surface area is 129 Å². The number of ether oxygens (including phenoxy) is 2. The van der Waals surface area contributed by atoms with E-state index in [0.29, 0.717) is 11.7 Å². The van der Waals surface area contributed by atoms with Crippen molar-refractivity contribution in [3.63, 3.8) is 0 Å². The third kappa shape index (κ3) is 2.94. The van der Waals surface area contributed by atoms with Gasteiger partial charge in [-0.1, -0.05) is 13.8 Å². The highest BCUT2D eigenvalue weighted by molar-refractivity contribution is 7.79. The number of thiazole rings is 1. The second-order valence-corrected chi connectivity index (χ2v) is 6.11. The van der Waals surface area contributed by atoms with Crippen molar-refractivity contribution in [2.75, 3.05) is 14.2 Å². The number of thiol groups is 1. The summed E-state index contributed by atoms with van der Waals surface area (Å²) >= 11 is 6.07. The molecule has 1 aromatic carbocycles. The molecule has 2 aromatic rings. The van der Waals surface area contributed by atoms with Crippen LogP contribution in [0.1, 0.15) is 30.3 Å². The highest BCUT2D eigenvalue weighted by Crippen LogP contribution is 2.38. The predicted molar refractivity (Wildman–Crippen MR) is 87.4 cm³/mol. The first-order chi connectivity index (χ1) is 9.60. The SMILES string of the molecule is COc1ccc(OC)c(-c2nc(C(C)C)c(CS)s2)c1. The smallest absolute Gasteiger partial charge is 0.129 e. The molecule has 0 saturated carbocycles. The van der Waals surface area contributed by atoms with Crippen molar-refractivity contribution < 1.29 is 9.47 Å². The minimum absolute atomic E-state index is 0.388. The van der Waals surface area contributed by atoms with Gasteiger partial charge in [-0.05, 0) is 24.1 Å². The molecule has 0 radical (unpaired) electrons. The zero-order chi connectivity index (χ0) is 14.7. The van der Waals surface area contributed by atoms with Crippen molar-refractivity contribution in [2.24, 2.45) is 0 Å². The van der Waals surface area contributed by atoms with E-state index in [0.717, 1.165) is 27.8 Å². The molecule has 0 amide bonds. The molecule has 0 aliphatic carbocycles. The molecule has 20 heavy (non-hydrogen) atoms. The number of benzene rings is 1. The number of methoxy groups -OCH3 is 2. The van der Waals surface area contributed by atoms with E-state index in [-0.39, 0.29) is 0 Å². The number of aromatic nitrogens is 1. The third-order valence-electron chi connectivity index (χ3n) is 3.06. The van der Waals surface area contributed by atoms with Crippen molar-refractivity contribution >= 4 is 24.0 Å². The molecule has 0 atom stereocenters.